The molecule has 0 aromatic carbocycles. The first kappa shape index (κ1) is 97.2. The molecule has 0 aromatic heterocycles. The lowest BCUT2D eigenvalue weighted by molar-refractivity contribution is -0.161. The summed E-state index contributed by atoms with van der Waals surface area (Å²) < 4.78 is 68.5. The van der Waals surface area contributed by atoms with Crippen molar-refractivity contribution < 1.29 is 80.2 Å². The van der Waals surface area contributed by atoms with E-state index in [1.165, 1.54) is 57.8 Å². The van der Waals surface area contributed by atoms with Crippen molar-refractivity contribution in [3.8, 4) is 0 Å². The number of rotatable bonds is 73. The molecule has 0 bridgehead atoms. The monoisotopic (exact) mass is 1470 g/mol. The van der Waals surface area contributed by atoms with Crippen molar-refractivity contribution in [1.29, 1.82) is 0 Å². The molecule has 102 heavy (non-hydrogen) atoms. The molecule has 5 unspecified atom stereocenters. The second kappa shape index (κ2) is 74.5. The van der Waals surface area contributed by atoms with Crippen molar-refractivity contribution in [2.45, 2.75) is 329 Å². The number of ether oxygens (including phenoxy) is 4. The number of aliphatic hydroxyl groups is 1. The largest absolute Gasteiger partial charge is 0.472 e. The van der Waals surface area contributed by atoms with Gasteiger partial charge in [0.2, 0.25) is 0 Å². The van der Waals surface area contributed by atoms with Gasteiger partial charge in [-0.05, 0) is 135 Å². The van der Waals surface area contributed by atoms with Crippen LogP contribution in [-0.4, -0.2) is 96.7 Å². The summed E-state index contributed by atoms with van der Waals surface area (Å²) in [7, 11) is -9.98. The molecule has 17 nitrogen and oxygen atoms in total. The number of allylic oxidation sites excluding steroid dienone is 22. The van der Waals surface area contributed by atoms with Gasteiger partial charge in [-0.25, -0.2) is 9.13 Å². The van der Waals surface area contributed by atoms with Crippen molar-refractivity contribution in [3.63, 3.8) is 0 Å². The highest BCUT2D eigenvalue weighted by Crippen LogP contribution is 2.45. The summed E-state index contributed by atoms with van der Waals surface area (Å²) in [6.45, 7) is 4.53. The van der Waals surface area contributed by atoms with Crippen molar-refractivity contribution in [1.82, 2.24) is 0 Å². The van der Waals surface area contributed by atoms with Gasteiger partial charge in [-0.1, -0.05) is 283 Å². The fraction of sp³-hybridized carbons (Fsp3) is 0.687. The Morgan fingerprint density at radius 3 is 0.843 bits per heavy atom. The van der Waals surface area contributed by atoms with E-state index in [0.717, 1.165) is 167 Å². The average Bonchev–Trinajstić information content (AvgIpc) is 0.944. The Kier molecular flexibility index (Phi) is 71.0. The highest BCUT2D eigenvalue weighted by Gasteiger charge is 2.30. The van der Waals surface area contributed by atoms with Gasteiger partial charge in [0.25, 0.3) is 0 Å². The molecule has 0 fully saturated rings. The van der Waals surface area contributed by atoms with E-state index in [1.54, 1.807) is 0 Å². The third kappa shape index (κ3) is 73.5. The third-order valence-corrected chi connectivity index (χ3v) is 18.0. The molecule has 0 aliphatic carbocycles. The number of phosphoric ester groups is 2. The zero-order chi connectivity index (χ0) is 74.6. The lowest BCUT2D eigenvalue weighted by atomic mass is 10.1. The molecule has 0 rings (SSSR count). The normalized spacial score (nSPS) is 14.6. The maximum absolute atomic E-state index is 13.1. The molecule has 5 atom stereocenters. The van der Waals surface area contributed by atoms with Crippen LogP contribution in [0.25, 0.3) is 0 Å². The summed E-state index contributed by atoms with van der Waals surface area (Å²) >= 11 is 0. The van der Waals surface area contributed by atoms with Gasteiger partial charge in [-0.3, -0.25) is 37.3 Å². The van der Waals surface area contributed by atoms with E-state index in [4.69, 9.17) is 37.0 Å². The molecule has 0 radical (unpaired) electrons. The van der Waals surface area contributed by atoms with Crippen molar-refractivity contribution in [3.05, 3.63) is 134 Å². The molecule has 3 N–H and O–H groups in total. The Bertz CT molecular complexity index is 2460. The summed E-state index contributed by atoms with van der Waals surface area (Å²) in [5.74, 6) is -2.27. The van der Waals surface area contributed by atoms with Gasteiger partial charge in [0.1, 0.15) is 19.3 Å². The fourth-order valence-electron chi connectivity index (χ4n) is 10.2. The van der Waals surface area contributed by atoms with Crippen LogP contribution in [0.5, 0.6) is 0 Å². The zero-order valence-electron chi connectivity index (χ0n) is 63.7. The summed E-state index contributed by atoms with van der Waals surface area (Å²) in [6, 6.07) is 0. The SMILES string of the molecule is CC/C=C\C/C=C\C/C=C\C/C=C\C/C=C\CCCC(=O)OCC(COP(=O)(O)OCC(O)COP(=O)(O)OCC(COC(=O)CCCCCCCC/C=C\C/C=C\C/C=C\C/C=C\CC)OC(=O)CCCCCCCCCCCCC)OC(=O)CCCCCCC/C=C\C/C=C\CCCCC. The van der Waals surface area contributed by atoms with Crippen molar-refractivity contribution >= 4 is 39.5 Å². The molecule has 0 aliphatic heterocycles. The maximum atomic E-state index is 13.1. The van der Waals surface area contributed by atoms with Gasteiger partial charge in [-0.2, -0.15) is 0 Å². The van der Waals surface area contributed by atoms with E-state index >= 15 is 0 Å². The summed E-state index contributed by atoms with van der Waals surface area (Å²) in [5, 5.41) is 10.6. The van der Waals surface area contributed by atoms with Gasteiger partial charge in [0, 0.05) is 25.7 Å². The van der Waals surface area contributed by atoms with Crippen LogP contribution in [0.15, 0.2) is 134 Å². The number of esters is 4. The molecule has 0 saturated heterocycles. The highest BCUT2D eigenvalue weighted by atomic mass is 31.2. The van der Waals surface area contributed by atoms with Crippen LogP contribution in [0, 0.1) is 0 Å². The lowest BCUT2D eigenvalue weighted by Gasteiger charge is -2.21. The minimum atomic E-state index is -4.99. The van der Waals surface area contributed by atoms with Crippen molar-refractivity contribution in [2.75, 3.05) is 39.6 Å². The third-order valence-electron chi connectivity index (χ3n) is 16.1. The lowest BCUT2D eigenvalue weighted by Crippen LogP contribution is -2.30. The first-order chi connectivity index (χ1) is 49.7. The van der Waals surface area contributed by atoms with Crippen LogP contribution in [0.3, 0.4) is 0 Å². The number of hydrogen-bond donors (Lipinski definition) is 3. The van der Waals surface area contributed by atoms with Gasteiger partial charge >= 0.3 is 39.5 Å². The molecule has 0 heterocycles. The van der Waals surface area contributed by atoms with Crippen molar-refractivity contribution in [2.24, 2.45) is 0 Å². The number of hydrogen-bond acceptors (Lipinski definition) is 15. The van der Waals surface area contributed by atoms with Crippen LogP contribution < -0.4 is 0 Å². The van der Waals surface area contributed by atoms with Crippen LogP contribution in [0.4, 0.5) is 0 Å². The fourth-order valence-corrected chi connectivity index (χ4v) is 11.7. The first-order valence-corrected chi connectivity index (χ1v) is 42.4. The number of unbranched alkanes of at least 4 members (excludes halogenated alkanes) is 25. The van der Waals surface area contributed by atoms with Crippen LogP contribution in [0.1, 0.15) is 310 Å². The van der Waals surface area contributed by atoms with E-state index in [0.29, 0.717) is 32.1 Å². The molecule has 0 amide bonds. The maximum Gasteiger partial charge on any atom is 0.472 e. The number of phosphoric acid groups is 2. The Morgan fingerprint density at radius 1 is 0.284 bits per heavy atom. The molecular weight excluding hydrogens is 1330 g/mol. The number of carbonyl (C=O) groups excluding carboxylic acids is 4. The molecule has 0 saturated carbocycles. The van der Waals surface area contributed by atoms with Gasteiger partial charge < -0.3 is 33.8 Å². The number of aliphatic hydroxyl groups excluding tert-OH is 1. The van der Waals surface area contributed by atoms with E-state index < -0.39 is 97.5 Å². The number of carbonyl (C=O) groups is 4. The minimum absolute atomic E-state index is 0.0642. The minimum Gasteiger partial charge on any atom is -0.462 e. The quantitative estimate of drug-likeness (QED) is 0.0169. The Morgan fingerprint density at radius 2 is 0.520 bits per heavy atom. The summed E-state index contributed by atoms with van der Waals surface area (Å²) in [4.78, 5) is 72.9. The molecule has 0 spiro atoms. The summed E-state index contributed by atoms with van der Waals surface area (Å²) in [6.07, 6.45) is 83.0. The second-order valence-corrected chi connectivity index (χ2v) is 28.8. The zero-order valence-corrected chi connectivity index (χ0v) is 65.5. The van der Waals surface area contributed by atoms with E-state index in [9.17, 15) is 43.2 Å². The Balaban J connectivity index is 5.38. The molecular formula is C83H140O17P2. The van der Waals surface area contributed by atoms with E-state index in [1.807, 2.05) is 12.2 Å². The smallest absolute Gasteiger partial charge is 0.462 e. The second-order valence-electron chi connectivity index (χ2n) is 25.9. The molecule has 584 valence electrons. The molecule has 0 aliphatic rings. The van der Waals surface area contributed by atoms with E-state index in [-0.39, 0.29) is 25.7 Å². The van der Waals surface area contributed by atoms with E-state index in [2.05, 4.69) is 149 Å². The Hall–Kier alpha value is -4.80. The van der Waals surface area contributed by atoms with Gasteiger partial charge in [-0.15, -0.1) is 0 Å². The standard InChI is InChI=1S/C83H140O17P2/c1-5-9-13-17-21-25-29-32-35-37-38-40-43-45-49-52-56-60-64-68-80(85)93-73-78(99-82(87)69-65-61-57-53-47-28-24-20-16-12-8-4)75-97-101(89,90)95-71-77(84)72-96-102(91,92)98-76-79(100-83(88)70-66-62-58-54-50-46-41-34-31-27-23-19-15-11-7-3)74-94-81(86)67-63-59-55-51-48-44-42-39-36-33-30-26-22-18-14-10-6-2/h9-10,13-14,21-23,25-27,32-36,38,40-42,44,51,55,77-79,84H,5-8,11-12,15-20,24,28-31,37,39,43,45-50,52-54,56-76H2,1-4H3,(H,89,90)(H,91,92)/b13-9-,14-10-,25-21-,26-22-,27-23-,35-32-,36-33-,40-38-,41-34-,44-42-,55-51-. The van der Waals surface area contributed by atoms with Crippen LogP contribution in [0.2, 0.25) is 0 Å². The first-order valence-electron chi connectivity index (χ1n) is 39.4. The highest BCUT2D eigenvalue weighted by molar-refractivity contribution is 7.47. The average molecular weight is 1470 g/mol. The Labute approximate surface area is 618 Å². The van der Waals surface area contributed by atoms with Crippen LogP contribution in [-0.2, 0) is 65.4 Å². The van der Waals surface area contributed by atoms with Gasteiger partial charge in [0.15, 0.2) is 12.2 Å². The van der Waals surface area contributed by atoms with Gasteiger partial charge in [0.05, 0.1) is 26.4 Å². The predicted octanol–water partition coefficient (Wildman–Crippen LogP) is 22.9. The molecule has 0 aromatic rings. The molecule has 19 heteroatoms. The predicted molar refractivity (Wildman–Crippen MR) is 418 cm³/mol. The van der Waals surface area contributed by atoms with Crippen LogP contribution >= 0.6 is 15.6 Å². The summed E-state index contributed by atoms with van der Waals surface area (Å²) in [5.41, 5.74) is 0. The topological polar surface area (TPSA) is 237 Å².